The molecule has 3 nitrogen and oxygen atoms in total. The maximum absolute atomic E-state index is 12.3. The third-order valence-corrected chi connectivity index (χ3v) is 6.92. The summed E-state index contributed by atoms with van der Waals surface area (Å²) in [7, 11) is 0. The van der Waals surface area contributed by atoms with Gasteiger partial charge in [0.05, 0.1) is 16.9 Å². The summed E-state index contributed by atoms with van der Waals surface area (Å²) in [5.41, 5.74) is 17.3. The van der Waals surface area contributed by atoms with Crippen LogP contribution in [0.5, 0.6) is 0 Å². The SMILES string of the molecule is CCC(N)(N)CCc1ccc(C(F)(F)F)cc1.c1ccc(Cc2c(-c3ccccc3)[nH]c3ccccc23)cc1. The lowest BCUT2D eigenvalue weighted by atomic mass is 9.98. The van der Waals surface area contributed by atoms with Crippen LogP contribution in [-0.2, 0) is 19.0 Å². The average Bonchev–Trinajstić information content (AvgIpc) is 3.31. The minimum Gasteiger partial charge on any atom is -0.354 e. The fourth-order valence-corrected chi connectivity index (χ4v) is 4.45. The third kappa shape index (κ3) is 7.59. The Hall–Kier alpha value is -3.87. The van der Waals surface area contributed by atoms with Crippen molar-refractivity contribution in [2.24, 2.45) is 11.5 Å². The summed E-state index contributed by atoms with van der Waals surface area (Å²) >= 11 is 0. The second-order valence-corrected chi connectivity index (χ2v) is 9.83. The molecule has 4 aromatic carbocycles. The van der Waals surface area contributed by atoms with Gasteiger partial charge >= 0.3 is 6.18 Å². The first-order valence-corrected chi connectivity index (χ1v) is 13.1. The lowest BCUT2D eigenvalue weighted by Gasteiger charge is -2.22. The van der Waals surface area contributed by atoms with Crippen molar-refractivity contribution in [2.45, 2.75) is 44.4 Å². The Kier molecular flexibility index (Phi) is 8.90. The van der Waals surface area contributed by atoms with Gasteiger partial charge in [-0.25, -0.2) is 0 Å². The summed E-state index contributed by atoms with van der Waals surface area (Å²) < 4.78 is 36.9. The van der Waals surface area contributed by atoms with Gasteiger partial charge in [0, 0.05) is 17.3 Å². The first kappa shape index (κ1) is 28.1. The number of benzene rings is 4. The van der Waals surface area contributed by atoms with E-state index in [0.29, 0.717) is 19.3 Å². The van der Waals surface area contributed by atoms with Gasteiger partial charge in [-0.15, -0.1) is 0 Å². The van der Waals surface area contributed by atoms with Crippen molar-refractivity contribution in [2.75, 3.05) is 0 Å². The highest BCUT2D eigenvalue weighted by molar-refractivity contribution is 5.91. The monoisotopic (exact) mass is 529 g/mol. The lowest BCUT2D eigenvalue weighted by Crippen LogP contribution is -2.48. The van der Waals surface area contributed by atoms with E-state index in [0.717, 1.165) is 24.1 Å². The lowest BCUT2D eigenvalue weighted by molar-refractivity contribution is -0.137. The Labute approximate surface area is 227 Å². The van der Waals surface area contributed by atoms with E-state index < -0.39 is 17.4 Å². The third-order valence-electron chi connectivity index (χ3n) is 6.92. The van der Waals surface area contributed by atoms with Crippen molar-refractivity contribution < 1.29 is 13.2 Å². The molecule has 1 heterocycles. The summed E-state index contributed by atoms with van der Waals surface area (Å²) in [6.07, 6.45) is -1.58. The standard InChI is InChI=1S/C21H17N.C12H17F3N2/c1-3-9-16(10-4-1)15-19-18-13-7-8-14-20(18)22-21(19)17-11-5-2-6-12-17;1-2-11(16,17)8-7-9-3-5-10(6-4-9)12(13,14)15/h1-14,22H,15H2;3-6H,2,7-8,16-17H2,1H3. The van der Waals surface area contributed by atoms with Gasteiger partial charge in [-0.05, 0) is 59.7 Å². The first-order chi connectivity index (χ1) is 18.7. The van der Waals surface area contributed by atoms with Crippen LogP contribution in [0.4, 0.5) is 13.2 Å². The van der Waals surface area contributed by atoms with E-state index in [1.54, 1.807) is 0 Å². The van der Waals surface area contributed by atoms with E-state index in [9.17, 15) is 13.2 Å². The zero-order chi connectivity index (χ0) is 27.9. The van der Waals surface area contributed by atoms with E-state index in [1.165, 1.54) is 45.4 Å². The molecule has 0 unspecified atom stereocenters. The van der Waals surface area contributed by atoms with Crippen molar-refractivity contribution in [3.63, 3.8) is 0 Å². The second kappa shape index (κ2) is 12.3. The molecule has 202 valence electrons. The Morgan fingerprint density at radius 3 is 1.90 bits per heavy atom. The highest BCUT2D eigenvalue weighted by atomic mass is 19.4. The molecular formula is C33H34F3N3. The molecule has 0 atom stereocenters. The molecule has 0 saturated carbocycles. The molecule has 5 N–H and O–H groups in total. The van der Waals surface area contributed by atoms with Gasteiger partial charge in [0.25, 0.3) is 0 Å². The molecule has 0 bridgehead atoms. The predicted octanol–water partition coefficient (Wildman–Crippen LogP) is 8.09. The van der Waals surface area contributed by atoms with Crippen molar-refractivity contribution in [1.82, 2.24) is 4.98 Å². The average molecular weight is 530 g/mol. The number of fused-ring (bicyclic) bond motifs is 1. The van der Waals surface area contributed by atoms with E-state index in [-0.39, 0.29) is 0 Å². The smallest absolute Gasteiger partial charge is 0.354 e. The highest BCUT2D eigenvalue weighted by Gasteiger charge is 2.30. The molecule has 0 aliphatic rings. The molecule has 0 fully saturated rings. The zero-order valence-electron chi connectivity index (χ0n) is 22.0. The van der Waals surface area contributed by atoms with Crippen LogP contribution < -0.4 is 11.5 Å². The summed E-state index contributed by atoms with van der Waals surface area (Å²) in [6, 6.07) is 34.9. The molecule has 0 saturated heterocycles. The van der Waals surface area contributed by atoms with Crippen LogP contribution in [0.15, 0.2) is 109 Å². The number of rotatable bonds is 7. The van der Waals surface area contributed by atoms with Crippen LogP contribution in [0.2, 0.25) is 0 Å². The first-order valence-electron chi connectivity index (χ1n) is 13.1. The molecule has 1 aromatic heterocycles. The molecule has 5 aromatic rings. The Morgan fingerprint density at radius 1 is 0.692 bits per heavy atom. The van der Waals surface area contributed by atoms with Crippen LogP contribution >= 0.6 is 0 Å². The van der Waals surface area contributed by atoms with Crippen LogP contribution in [0.1, 0.15) is 42.0 Å². The zero-order valence-corrected chi connectivity index (χ0v) is 22.0. The van der Waals surface area contributed by atoms with Crippen LogP contribution in [-0.4, -0.2) is 10.6 Å². The number of para-hydroxylation sites is 1. The largest absolute Gasteiger partial charge is 0.416 e. The number of alkyl halides is 3. The highest BCUT2D eigenvalue weighted by Crippen LogP contribution is 2.32. The number of nitrogens with two attached hydrogens (primary N) is 2. The molecule has 0 aliphatic carbocycles. The van der Waals surface area contributed by atoms with Gasteiger partial charge in [-0.1, -0.05) is 97.9 Å². The van der Waals surface area contributed by atoms with Crippen LogP contribution in [0.3, 0.4) is 0 Å². The van der Waals surface area contributed by atoms with E-state index in [4.69, 9.17) is 11.5 Å². The number of aromatic amines is 1. The topological polar surface area (TPSA) is 67.8 Å². The molecule has 6 heteroatoms. The van der Waals surface area contributed by atoms with Crippen molar-refractivity contribution in [3.8, 4) is 11.3 Å². The summed E-state index contributed by atoms with van der Waals surface area (Å²) in [4.78, 5) is 3.60. The Morgan fingerprint density at radius 2 is 1.28 bits per heavy atom. The van der Waals surface area contributed by atoms with Gasteiger partial charge in [0.2, 0.25) is 0 Å². The van der Waals surface area contributed by atoms with Gasteiger partial charge in [0.1, 0.15) is 0 Å². The number of aromatic nitrogens is 1. The fraction of sp³-hybridized carbons (Fsp3) is 0.212. The molecule has 0 radical (unpaired) electrons. The summed E-state index contributed by atoms with van der Waals surface area (Å²) in [6.45, 7) is 1.88. The van der Waals surface area contributed by atoms with Crippen molar-refractivity contribution >= 4 is 10.9 Å². The quantitative estimate of drug-likeness (QED) is 0.187. The number of nitrogens with one attached hydrogen (secondary N) is 1. The number of H-pyrrole nitrogens is 1. The van der Waals surface area contributed by atoms with E-state index >= 15 is 0 Å². The number of hydrogen-bond acceptors (Lipinski definition) is 2. The maximum atomic E-state index is 12.3. The number of aryl methyl sites for hydroxylation is 1. The van der Waals surface area contributed by atoms with Gasteiger partial charge < -0.3 is 16.5 Å². The van der Waals surface area contributed by atoms with Gasteiger partial charge in [-0.2, -0.15) is 13.2 Å². The Bertz CT molecular complexity index is 1460. The second-order valence-electron chi connectivity index (χ2n) is 9.83. The van der Waals surface area contributed by atoms with E-state index in [2.05, 4.69) is 89.9 Å². The molecular weight excluding hydrogens is 495 g/mol. The normalized spacial score (nSPS) is 11.7. The van der Waals surface area contributed by atoms with Gasteiger partial charge in [-0.3, -0.25) is 0 Å². The Balaban J connectivity index is 0.000000188. The fourth-order valence-electron chi connectivity index (χ4n) is 4.45. The van der Waals surface area contributed by atoms with Crippen LogP contribution in [0, 0.1) is 0 Å². The maximum Gasteiger partial charge on any atom is 0.416 e. The molecule has 5 rings (SSSR count). The molecule has 0 aliphatic heterocycles. The number of hydrogen-bond donors (Lipinski definition) is 3. The minimum atomic E-state index is -4.28. The molecule has 39 heavy (non-hydrogen) atoms. The minimum absolute atomic E-state index is 0.550. The number of halogens is 3. The van der Waals surface area contributed by atoms with Crippen LogP contribution in [0.25, 0.3) is 22.2 Å². The van der Waals surface area contributed by atoms with E-state index in [1.807, 2.05) is 6.92 Å². The molecule has 0 amide bonds. The molecule has 0 spiro atoms. The van der Waals surface area contributed by atoms with Crippen molar-refractivity contribution in [1.29, 1.82) is 0 Å². The van der Waals surface area contributed by atoms with Crippen molar-refractivity contribution in [3.05, 3.63) is 131 Å². The summed E-state index contributed by atoms with van der Waals surface area (Å²) in [5, 5.41) is 1.31. The predicted molar refractivity (Wildman–Crippen MR) is 154 cm³/mol. The van der Waals surface area contributed by atoms with Gasteiger partial charge in [0.15, 0.2) is 0 Å². The summed E-state index contributed by atoms with van der Waals surface area (Å²) in [5.74, 6) is 0.